The number of halogens is 3. The SMILES string of the molecule is CCOc1cc(CNCC(O)c2ccccc2)cc(Br)c1OCc1c(Cl)cccc1Cl. The molecule has 0 saturated carbocycles. The minimum absolute atomic E-state index is 0.220. The molecule has 3 rings (SSSR count). The summed E-state index contributed by atoms with van der Waals surface area (Å²) in [6.07, 6.45) is -0.570. The maximum atomic E-state index is 10.3. The lowest BCUT2D eigenvalue weighted by Gasteiger charge is -2.17. The minimum Gasteiger partial charge on any atom is -0.490 e. The van der Waals surface area contributed by atoms with Gasteiger partial charge in [-0.15, -0.1) is 0 Å². The fraction of sp³-hybridized carbons (Fsp3) is 0.250. The molecule has 0 aliphatic heterocycles. The maximum Gasteiger partial charge on any atom is 0.175 e. The van der Waals surface area contributed by atoms with Crippen molar-refractivity contribution in [1.29, 1.82) is 0 Å². The van der Waals surface area contributed by atoms with Crippen LogP contribution in [0.15, 0.2) is 65.1 Å². The molecule has 2 N–H and O–H groups in total. The molecular weight excluding hydrogens is 501 g/mol. The summed E-state index contributed by atoms with van der Waals surface area (Å²) in [5.41, 5.74) is 2.60. The van der Waals surface area contributed by atoms with Gasteiger partial charge in [0.05, 0.1) is 17.2 Å². The Labute approximate surface area is 201 Å². The molecule has 7 heteroatoms. The molecule has 0 bridgehead atoms. The molecule has 1 unspecified atom stereocenters. The lowest BCUT2D eigenvalue weighted by atomic mass is 10.1. The number of rotatable bonds is 10. The Bertz CT molecular complexity index is 981. The Morgan fingerprint density at radius 1 is 1.00 bits per heavy atom. The van der Waals surface area contributed by atoms with Gasteiger partial charge in [0.1, 0.15) is 6.61 Å². The number of hydrogen-bond acceptors (Lipinski definition) is 4. The van der Waals surface area contributed by atoms with Crippen LogP contribution in [0.1, 0.15) is 29.7 Å². The van der Waals surface area contributed by atoms with Crippen molar-refractivity contribution in [3.8, 4) is 11.5 Å². The standard InChI is InChI=1S/C24H24BrCl2NO3/c1-2-30-23-12-16(13-28-14-22(29)17-7-4-3-5-8-17)11-19(25)24(23)31-15-18-20(26)9-6-10-21(18)27/h3-12,22,28-29H,2,13-15H2,1H3. The molecule has 1 atom stereocenters. The van der Waals surface area contributed by atoms with Gasteiger partial charge in [0.2, 0.25) is 0 Å². The van der Waals surface area contributed by atoms with Crippen LogP contribution in [0.5, 0.6) is 11.5 Å². The second-order valence-corrected chi connectivity index (χ2v) is 8.55. The van der Waals surface area contributed by atoms with E-state index >= 15 is 0 Å². The predicted molar refractivity (Wildman–Crippen MR) is 129 cm³/mol. The molecule has 31 heavy (non-hydrogen) atoms. The summed E-state index contributed by atoms with van der Waals surface area (Å²) in [4.78, 5) is 0. The molecule has 0 aliphatic rings. The van der Waals surface area contributed by atoms with Crippen LogP contribution in [0, 0.1) is 0 Å². The largest absolute Gasteiger partial charge is 0.490 e. The van der Waals surface area contributed by atoms with Crippen LogP contribution in [0.4, 0.5) is 0 Å². The Kier molecular flexibility index (Phi) is 9.05. The lowest BCUT2D eigenvalue weighted by Crippen LogP contribution is -2.21. The minimum atomic E-state index is -0.570. The van der Waals surface area contributed by atoms with Crippen LogP contribution < -0.4 is 14.8 Å². The first kappa shape index (κ1) is 23.9. The van der Waals surface area contributed by atoms with E-state index in [4.69, 9.17) is 32.7 Å². The van der Waals surface area contributed by atoms with Crippen LogP contribution in [-0.4, -0.2) is 18.3 Å². The monoisotopic (exact) mass is 523 g/mol. The number of hydrogen-bond donors (Lipinski definition) is 2. The van der Waals surface area contributed by atoms with Crippen molar-refractivity contribution in [2.24, 2.45) is 0 Å². The average Bonchev–Trinajstić information content (AvgIpc) is 2.75. The Morgan fingerprint density at radius 2 is 1.71 bits per heavy atom. The van der Waals surface area contributed by atoms with Gasteiger partial charge >= 0.3 is 0 Å². The molecule has 4 nitrogen and oxygen atoms in total. The summed E-state index contributed by atoms with van der Waals surface area (Å²) >= 11 is 16.1. The van der Waals surface area contributed by atoms with Gasteiger partial charge in [0.25, 0.3) is 0 Å². The molecule has 164 valence electrons. The summed E-state index contributed by atoms with van der Waals surface area (Å²) in [7, 11) is 0. The highest BCUT2D eigenvalue weighted by atomic mass is 79.9. The van der Waals surface area contributed by atoms with Crippen LogP contribution in [0.3, 0.4) is 0 Å². The Balaban J connectivity index is 1.68. The van der Waals surface area contributed by atoms with Crippen LogP contribution in [0.2, 0.25) is 10.0 Å². The second kappa shape index (κ2) is 11.7. The third kappa shape index (κ3) is 6.61. The van der Waals surface area contributed by atoms with Gasteiger partial charge < -0.3 is 19.9 Å². The zero-order valence-electron chi connectivity index (χ0n) is 17.1. The van der Waals surface area contributed by atoms with Crippen molar-refractivity contribution in [2.75, 3.05) is 13.2 Å². The molecule has 3 aromatic carbocycles. The third-order valence-electron chi connectivity index (χ3n) is 4.64. The molecule has 0 aromatic heterocycles. The molecule has 0 spiro atoms. The lowest BCUT2D eigenvalue weighted by molar-refractivity contribution is 0.174. The highest BCUT2D eigenvalue weighted by molar-refractivity contribution is 9.10. The van der Waals surface area contributed by atoms with Crippen molar-refractivity contribution in [1.82, 2.24) is 5.32 Å². The van der Waals surface area contributed by atoms with E-state index in [-0.39, 0.29) is 6.61 Å². The van der Waals surface area contributed by atoms with E-state index in [1.165, 1.54) is 0 Å². The van der Waals surface area contributed by atoms with E-state index in [9.17, 15) is 5.11 Å². The van der Waals surface area contributed by atoms with E-state index in [2.05, 4.69) is 21.2 Å². The van der Waals surface area contributed by atoms with Crippen LogP contribution in [0.25, 0.3) is 0 Å². The van der Waals surface area contributed by atoms with E-state index in [1.807, 2.05) is 49.4 Å². The third-order valence-corrected chi connectivity index (χ3v) is 5.94. The molecule has 0 heterocycles. The van der Waals surface area contributed by atoms with Gasteiger partial charge in [0, 0.05) is 28.7 Å². The first-order valence-electron chi connectivity index (χ1n) is 9.94. The molecule has 0 fully saturated rings. The quantitative estimate of drug-likeness (QED) is 0.315. The smallest absolute Gasteiger partial charge is 0.175 e. The summed E-state index contributed by atoms with van der Waals surface area (Å²) in [6.45, 7) is 3.65. The van der Waals surface area contributed by atoms with Crippen molar-refractivity contribution in [3.05, 3.63) is 91.9 Å². The number of aliphatic hydroxyl groups excluding tert-OH is 1. The predicted octanol–water partition coefficient (Wildman–Crippen LogP) is 6.56. The van der Waals surface area contributed by atoms with Crippen LogP contribution >= 0.6 is 39.1 Å². The van der Waals surface area contributed by atoms with Crippen molar-refractivity contribution in [3.63, 3.8) is 0 Å². The van der Waals surface area contributed by atoms with Gasteiger partial charge in [-0.25, -0.2) is 0 Å². The fourth-order valence-corrected chi connectivity index (χ4v) is 4.20. The Hall–Kier alpha value is -1.76. The van der Waals surface area contributed by atoms with Gasteiger partial charge in [-0.3, -0.25) is 0 Å². The topological polar surface area (TPSA) is 50.7 Å². The maximum absolute atomic E-state index is 10.3. The van der Waals surface area contributed by atoms with E-state index in [0.717, 1.165) is 21.2 Å². The summed E-state index contributed by atoms with van der Waals surface area (Å²) in [6, 6.07) is 18.8. The average molecular weight is 525 g/mol. The molecular formula is C24H24BrCl2NO3. The molecule has 0 aliphatic carbocycles. The molecule has 0 saturated heterocycles. The van der Waals surface area contributed by atoms with Crippen molar-refractivity contribution < 1.29 is 14.6 Å². The van der Waals surface area contributed by atoms with Crippen molar-refractivity contribution >= 4 is 39.1 Å². The Morgan fingerprint density at radius 3 is 2.39 bits per heavy atom. The summed E-state index contributed by atoms with van der Waals surface area (Å²) in [5, 5.41) is 14.7. The highest BCUT2D eigenvalue weighted by Crippen LogP contribution is 2.38. The van der Waals surface area contributed by atoms with E-state index in [1.54, 1.807) is 18.2 Å². The fourth-order valence-electron chi connectivity index (χ4n) is 3.09. The first-order chi connectivity index (χ1) is 15.0. The van der Waals surface area contributed by atoms with Gasteiger partial charge in [-0.2, -0.15) is 0 Å². The number of nitrogens with one attached hydrogen (secondary N) is 1. The van der Waals surface area contributed by atoms with Gasteiger partial charge in [-0.1, -0.05) is 59.6 Å². The number of benzene rings is 3. The highest BCUT2D eigenvalue weighted by Gasteiger charge is 2.15. The zero-order chi connectivity index (χ0) is 22.2. The zero-order valence-corrected chi connectivity index (χ0v) is 20.2. The number of ether oxygens (including phenoxy) is 2. The van der Waals surface area contributed by atoms with Crippen molar-refractivity contribution in [2.45, 2.75) is 26.2 Å². The van der Waals surface area contributed by atoms with Crippen LogP contribution in [-0.2, 0) is 13.2 Å². The molecule has 3 aromatic rings. The number of aliphatic hydroxyl groups is 1. The summed E-state index contributed by atoms with van der Waals surface area (Å²) < 4.78 is 12.6. The van der Waals surface area contributed by atoms with Gasteiger partial charge in [0.15, 0.2) is 11.5 Å². The van der Waals surface area contributed by atoms with E-state index in [0.29, 0.717) is 41.2 Å². The van der Waals surface area contributed by atoms with Gasteiger partial charge in [-0.05, 0) is 58.2 Å². The normalized spacial score (nSPS) is 11.9. The second-order valence-electron chi connectivity index (χ2n) is 6.88. The molecule has 0 amide bonds. The summed E-state index contributed by atoms with van der Waals surface area (Å²) in [5.74, 6) is 1.21. The van der Waals surface area contributed by atoms with E-state index < -0.39 is 6.10 Å². The molecule has 0 radical (unpaired) electrons. The first-order valence-corrected chi connectivity index (χ1v) is 11.5.